The van der Waals surface area contributed by atoms with Crippen molar-refractivity contribution < 1.29 is 22.1 Å². The van der Waals surface area contributed by atoms with Crippen molar-refractivity contribution in [3.8, 4) is 22.8 Å². The van der Waals surface area contributed by atoms with Gasteiger partial charge in [-0.2, -0.15) is 18.2 Å². The molecule has 10 heteroatoms. The number of aromatic nitrogens is 4. The molecule has 0 amide bonds. The van der Waals surface area contributed by atoms with Gasteiger partial charge in [0.15, 0.2) is 0 Å². The van der Waals surface area contributed by atoms with Crippen molar-refractivity contribution in [1.82, 2.24) is 20.3 Å². The molecule has 4 rings (SSSR count). The maximum atomic E-state index is 12.8. The highest BCUT2D eigenvalue weighted by Crippen LogP contribution is 2.31. The monoisotopic (exact) mass is 406 g/mol. The molecule has 0 atom stereocenters. The fourth-order valence-electron chi connectivity index (χ4n) is 2.44. The van der Waals surface area contributed by atoms with Crippen molar-refractivity contribution >= 4 is 11.6 Å². The van der Waals surface area contributed by atoms with Crippen molar-refractivity contribution in [3.05, 3.63) is 70.9 Å². The molecule has 2 aromatic heterocycles. The molecule has 0 aliphatic carbocycles. The smallest absolute Gasteiger partial charge is 0.416 e. The van der Waals surface area contributed by atoms with E-state index in [9.17, 15) is 13.2 Å². The second kappa shape index (κ2) is 7.08. The highest BCUT2D eigenvalue weighted by Gasteiger charge is 2.30. The van der Waals surface area contributed by atoms with Crippen LogP contribution in [0.15, 0.2) is 57.5 Å². The van der Waals surface area contributed by atoms with Crippen molar-refractivity contribution in [2.75, 3.05) is 0 Å². The van der Waals surface area contributed by atoms with Gasteiger partial charge in [0.05, 0.1) is 5.56 Å². The Kier molecular flexibility index (Phi) is 4.60. The van der Waals surface area contributed by atoms with Crippen LogP contribution in [0.25, 0.3) is 22.8 Å². The molecule has 0 saturated carbocycles. The van der Waals surface area contributed by atoms with E-state index < -0.39 is 11.7 Å². The van der Waals surface area contributed by atoms with E-state index in [0.717, 1.165) is 12.1 Å². The highest BCUT2D eigenvalue weighted by molar-refractivity contribution is 6.30. The van der Waals surface area contributed by atoms with Crippen LogP contribution >= 0.6 is 11.6 Å². The molecule has 0 saturated heterocycles. The van der Waals surface area contributed by atoms with Gasteiger partial charge in [-0.25, -0.2) is 0 Å². The lowest BCUT2D eigenvalue weighted by Crippen LogP contribution is -2.04. The Morgan fingerprint density at radius 1 is 0.929 bits per heavy atom. The molecule has 28 heavy (non-hydrogen) atoms. The molecule has 4 aromatic rings. The number of hydrogen-bond acceptors (Lipinski definition) is 6. The van der Waals surface area contributed by atoms with Gasteiger partial charge in [-0.3, -0.25) is 0 Å². The van der Waals surface area contributed by atoms with Gasteiger partial charge in [0.2, 0.25) is 23.5 Å². The van der Waals surface area contributed by atoms with Crippen LogP contribution in [0.5, 0.6) is 0 Å². The summed E-state index contributed by atoms with van der Waals surface area (Å²) in [6, 6.07) is 11.5. The van der Waals surface area contributed by atoms with Crippen LogP contribution in [0, 0.1) is 0 Å². The van der Waals surface area contributed by atoms with Crippen LogP contribution in [0.1, 0.15) is 17.3 Å². The topological polar surface area (TPSA) is 77.8 Å². The molecular weight excluding hydrogens is 397 g/mol. The first kappa shape index (κ1) is 18.2. The Hall–Kier alpha value is -3.20. The Morgan fingerprint density at radius 3 is 2.46 bits per heavy atom. The summed E-state index contributed by atoms with van der Waals surface area (Å²) >= 11 is 5.84. The molecule has 0 fully saturated rings. The molecule has 0 radical (unpaired) electrons. The van der Waals surface area contributed by atoms with E-state index >= 15 is 0 Å². The van der Waals surface area contributed by atoms with E-state index in [1.54, 1.807) is 24.3 Å². The number of rotatable bonds is 4. The average Bonchev–Trinajstić information content (AvgIpc) is 3.32. The van der Waals surface area contributed by atoms with E-state index in [4.69, 9.17) is 20.5 Å². The normalized spacial score (nSPS) is 11.7. The first-order valence-corrected chi connectivity index (χ1v) is 8.35. The van der Waals surface area contributed by atoms with Gasteiger partial charge in [0, 0.05) is 16.1 Å². The fourth-order valence-corrected chi connectivity index (χ4v) is 2.57. The summed E-state index contributed by atoms with van der Waals surface area (Å²) in [4.78, 5) is 4.10. The second-order valence-electron chi connectivity index (χ2n) is 5.77. The fraction of sp³-hybridized carbons (Fsp3) is 0.111. The standard InChI is InChI=1S/C18H10ClF3N4O2/c19-13-6-4-10(5-7-13)17-25-24-15(27-17)9-14-23-16(26-28-14)11-2-1-3-12(8-11)18(20,21)22/h1-8H,9H2. The number of nitrogens with zero attached hydrogens (tertiary/aromatic N) is 4. The molecule has 0 bridgehead atoms. The van der Waals surface area contributed by atoms with Gasteiger partial charge in [-0.05, 0) is 36.4 Å². The van der Waals surface area contributed by atoms with Crippen LogP contribution < -0.4 is 0 Å². The van der Waals surface area contributed by atoms with Crippen molar-refractivity contribution in [1.29, 1.82) is 0 Å². The Morgan fingerprint density at radius 2 is 1.71 bits per heavy atom. The predicted octanol–water partition coefficient (Wildman–Crippen LogP) is 5.05. The second-order valence-corrected chi connectivity index (χ2v) is 6.21. The van der Waals surface area contributed by atoms with Crippen LogP contribution in [-0.4, -0.2) is 20.3 Å². The minimum atomic E-state index is -4.45. The summed E-state index contributed by atoms with van der Waals surface area (Å²) in [5, 5.41) is 12.2. The Bertz CT molecular complexity index is 1110. The molecule has 0 N–H and O–H groups in total. The molecule has 6 nitrogen and oxygen atoms in total. The quantitative estimate of drug-likeness (QED) is 0.472. The Balaban J connectivity index is 1.52. The zero-order chi connectivity index (χ0) is 19.7. The number of hydrogen-bond donors (Lipinski definition) is 0. The van der Waals surface area contributed by atoms with E-state index in [1.165, 1.54) is 12.1 Å². The van der Waals surface area contributed by atoms with Crippen LogP contribution in [0.4, 0.5) is 13.2 Å². The maximum absolute atomic E-state index is 12.8. The molecule has 0 aliphatic rings. The first-order valence-electron chi connectivity index (χ1n) is 7.97. The highest BCUT2D eigenvalue weighted by atomic mass is 35.5. The molecule has 142 valence electrons. The summed E-state index contributed by atoms with van der Waals surface area (Å²) < 4.78 is 49.2. The van der Waals surface area contributed by atoms with E-state index in [0.29, 0.717) is 16.5 Å². The minimum absolute atomic E-state index is 0.0403. The third-order valence-corrected chi connectivity index (χ3v) is 4.03. The van der Waals surface area contributed by atoms with Crippen molar-refractivity contribution in [2.24, 2.45) is 0 Å². The summed E-state index contributed by atoms with van der Waals surface area (Å²) in [6.45, 7) is 0. The largest absolute Gasteiger partial charge is 0.420 e. The molecule has 0 aliphatic heterocycles. The van der Waals surface area contributed by atoms with Crippen LogP contribution in [0.3, 0.4) is 0 Å². The lowest BCUT2D eigenvalue weighted by molar-refractivity contribution is -0.137. The van der Waals surface area contributed by atoms with Crippen LogP contribution in [0.2, 0.25) is 5.02 Å². The summed E-state index contributed by atoms with van der Waals surface area (Å²) in [5.74, 6) is 0.700. The van der Waals surface area contributed by atoms with E-state index in [-0.39, 0.29) is 29.6 Å². The molecular formula is C18H10ClF3N4O2. The molecule has 0 unspecified atom stereocenters. The maximum Gasteiger partial charge on any atom is 0.416 e. The van der Waals surface area contributed by atoms with Crippen LogP contribution in [-0.2, 0) is 12.6 Å². The van der Waals surface area contributed by atoms with E-state index in [2.05, 4.69) is 20.3 Å². The van der Waals surface area contributed by atoms with Gasteiger partial charge >= 0.3 is 6.18 Å². The number of halogens is 4. The summed E-state index contributed by atoms with van der Waals surface area (Å²) in [5.41, 5.74) is 0.0939. The lowest BCUT2D eigenvalue weighted by atomic mass is 10.1. The molecule has 0 spiro atoms. The van der Waals surface area contributed by atoms with E-state index in [1.807, 2.05) is 0 Å². The van der Waals surface area contributed by atoms with Crippen molar-refractivity contribution in [2.45, 2.75) is 12.6 Å². The first-order chi connectivity index (χ1) is 13.4. The zero-order valence-corrected chi connectivity index (χ0v) is 14.7. The van der Waals surface area contributed by atoms with Gasteiger partial charge < -0.3 is 8.94 Å². The number of alkyl halides is 3. The summed E-state index contributed by atoms with van der Waals surface area (Å²) in [6.07, 6.45) is -4.41. The SMILES string of the molecule is FC(F)(F)c1cccc(-c2noc(Cc3nnc(-c4ccc(Cl)cc4)o3)n2)c1. The lowest BCUT2D eigenvalue weighted by Gasteiger charge is -2.06. The third kappa shape index (κ3) is 3.89. The molecule has 2 heterocycles. The number of benzene rings is 2. The predicted molar refractivity (Wildman–Crippen MR) is 92.3 cm³/mol. The van der Waals surface area contributed by atoms with Gasteiger partial charge in [0.1, 0.15) is 6.42 Å². The van der Waals surface area contributed by atoms with Gasteiger partial charge in [-0.15, -0.1) is 10.2 Å². The minimum Gasteiger partial charge on any atom is -0.420 e. The van der Waals surface area contributed by atoms with Crippen molar-refractivity contribution in [3.63, 3.8) is 0 Å². The zero-order valence-electron chi connectivity index (χ0n) is 13.9. The third-order valence-electron chi connectivity index (χ3n) is 3.78. The van der Waals surface area contributed by atoms with Gasteiger partial charge in [0.25, 0.3) is 0 Å². The summed E-state index contributed by atoms with van der Waals surface area (Å²) in [7, 11) is 0. The Labute approximate surface area is 161 Å². The molecule has 2 aromatic carbocycles. The van der Waals surface area contributed by atoms with Gasteiger partial charge in [-0.1, -0.05) is 28.9 Å². The average molecular weight is 407 g/mol.